The van der Waals surface area contributed by atoms with E-state index in [0.29, 0.717) is 19.3 Å². The molecule has 0 aromatic heterocycles. The highest BCUT2D eigenvalue weighted by Crippen LogP contribution is 2.18. The Morgan fingerprint density at radius 1 is 0.492 bits per heavy atom. The molecular weight excluding hydrogens is 731 g/mol. The van der Waals surface area contributed by atoms with E-state index < -0.39 is 18.2 Å². The third kappa shape index (κ3) is 42.8. The number of nitrogens with one attached hydrogen (secondary N) is 1. The highest BCUT2D eigenvalue weighted by Gasteiger charge is 2.24. The molecule has 0 spiro atoms. The van der Waals surface area contributed by atoms with Crippen molar-refractivity contribution in [1.82, 2.24) is 5.32 Å². The third-order valence-electron chi connectivity index (χ3n) is 12.1. The maximum absolute atomic E-state index is 13.2. The van der Waals surface area contributed by atoms with Crippen LogP contribution in [0.4, 0.5) is 0 Å². The first-order chi connectivity index (χ1) is 29.0. The fourth-order valence-corrected chi connectivity index (χ4v) is 8.07. The Balaban J connectivity index is 4.55. The highest BCUT2D eigenvalue weighted by molar-refractivity contribution is 5.77. The van der Waals surface area contributed by atoms with Crippen LogP contribution in [0.3, 0.4) is 0 Å². The van der Waals surface area contributed by atoms with Crippen molar-refractivity contribution >= 4 is 11.9 Å². The summed E-state index contributed by atoms with van der Waals surface area (Å²) in [5.74, 6) is -0.480. The van der Waals surface area contributed by atoms with Gasteiger partial charge in [0.25, 0.3) is 0 Å². The Labute approximate surface area is 367 Å². The number of amides is 1. The summed E-state index contributed by atoms with van der Waals surface area (Å²) in [6, 6.07) is -0.702. The van der Waals surface area contributed by atoms with Gasteiger partial charge in [0.1, 0.15) is 6.10 Å². The van der Waals surface area contributed by atoms with Gasteiger partial charge in [-0.25, -0.2) is 0 Å². The summed E-state index contributed by atoms with van der Waals surface area (Å²) < 4.78 is 5.93. The quantitative estimate of drug-likeness (QED) is 0.0322. The number of rotatable bonds is 47. The summed E-state index contributed by atoms with van der Waals surface area (Å²) in [4.78, 5) is 26.1. The van der Waals surface area contributed by atoms with Crippen molar-refractivity contribution in [3.8, 4) is 0 Å². The molecule has 0 heterocycles. The Bertz CT molecular complexity index is 935. The SMILES string of the molecule is CCCCC/C=C/C=C/CCCCCCC(CC(=O)NC(CO)C(O)CCCCCCCCCCCCC)OC(=O)CCCCCCCCCCCCCCCCCC. The summed E-state index contributed by atoms with van der Waals surface area (Å²) >= 11 is 0. The Morgan fingerprint density at radius 2 is 0.847 bits per heavy atom. The molecular formula is C53H101NO5. The van der Waals surface area contributed by atoms with Gasteiger partial charge in [0.05, 0.1) is 25.2 Å². The molecule has 6 heteroatoms. The van der Waals surface area contributed by atoms with Crippen molar-refractivity contribution in [3.05, 3.63) is 24.3 Å². The van der Waals surface area contributed by atoms with E-state index in [-0.39, 0.29) is 24.9 Å². The maximum Gasteiger partial charge on any atom is 0.306 e. The Morgan fingerprint density at radius 3 is 1.29 bits per heavy atom. The van der Waals surface area contributed by atoms with E-state index in [4.69, 9.17) is 4.74 Å². The summed E-state index contributed by atoms with van der Waals surface area (Å²) in [7, 11) is 0. The van der Waals surface area contributed by atoms with Crippen LogP contribution in [0.25, 0.3) is 0 Å². The second-order valence-electron chi connectivity index (χ2n) is 18.0. The molecule has 348 valence electrons. The number of allylic oxidation sites excluding steroid dienone is 4. The van der Waals surface area contributed by atoms with E-state index in [1.54, 1.807) is 0 Å². The fourth-order valence-electron chi connectivity index (χ4n) is 8.07. The molecule has 59 heavy (non-hydrogen) atoms. The van der Waals surface area contributed by atoms with Crippen LogP contribution in [0.2, 0.25) is 0 Å². The van der Waals surface area contributed by atoms with Gasteiger partial charge in [-0.05, 0) is 51.4 Å². The summed E-state index contributed by atoms with van der Waals surface area (Å²) in [6.07, 6.45) is 53.8. The standard InChI is InChI=1S/C53H101NO5/c1-4-7-10-13-16-19-22-24-25-26-28-31-34-37-40-43-46-53(58)59-49(44-41-38-35-32-30-27-23-20-17-14-11-8-5-2)47-52(57)54-50(48-55)51(56)45-42-39-36-33-29-21-18-15-12-9-6-3/h17,20,23,27,49-51,55-56H,4-16,18-19,21-22,24-26,28-48H2,1-3H3,(H,54,57)/b20-17+,27-23+. The van der Waals surface area contributed by atoms with E-state index in [1.165, 1.54) is 154 Å². The highest BCUT2D eigenvalue weighted by atomic mass is 16.5. The lowest BCUT2D eigenvalue weighted by Crippen LogP contribution is -2.46. The molecule has 0 radical (unpaired) electrons. The molecule has 0 fully saturated rings. The summed E-state index contributed by atoms with van der Waals surface area (Å²) in [5.41, 5.74) is 0. The topological polar surface area (TPSA) is 95.9 Å². The first kappa shape index (κ1) is 57.3. The van der Waals surface area contributed by atoms with E-state index in [1.807, 2.05) is 0 Å². The monoisotopic (exact) mass is 832 g/mol. The van der Waals surface area contributed by atoms with Crippen LogP contribution in [0.5, 0.6) is 0 Å². The van der Waals surface area contributed by atoms with E-state index >= 15 is 0 Å². The van der Waals surface area contributed by atoms with E-state index in [0.717, 1.165) is 77.0 Å². The van der Waals surface area contributed by atoms with Crippen molar-refractivity contribution in [3.63, 3.8) is 0 Å². The van der Waals surface area contributed by atoms with E-state index in [2.05, 4.69) is 50.4 Å². The zero-order chi connectivity index (χ0) is 43.1. The molecule has 0 saturated heterocycles. The minimum absolute atomic E-state index is 0.0691. The molecule has 0 aromatic rings. The molecule has 3 unspecified atom stereocenters. The Hall–Kier alpha value is -1.66. The van der Waals surface area contributed by atoms with Crippen molar-refractivity contribution in [2.24, 2.45) is 0 Å². The van der Waals surface area contributed by atoms with E-state index in [9.17, 15) is 19.8 Å². The minimum atomic E-state index is -0.788. The van der Waals surface area contributed by atoms with Crippen LogP contribution in [-0.2, 0) is 14.3 Å². The molecule has 3 N–H and O–H groups in total. The third-order valence-corrected chi connectivity index (χ3v) is 12.1. The van der Waals surface area contributed by atoms with Gasteiger partial charge in [-0.1, -0.05) is 238 Å². The maximum atomic E-state index is 13.2. The number of aliphatic hydroxyl groups is 2. The first-order valence-corrected chi connectivity index (χ1v) is 26.1. The number of ether oxygens (including phenoxy) is 1. The lowest BCUT2D eigenvalue weighted by Gasteiger charge is -2.24. The van der Waals surface area contributed by atoms with Gasteiger partial charge in [-0.2, -0.15) is 0 Å². The van der Waals surface area contributed by atoms with Gasteiger partial charge in [-0.15, -0.1) is 0 Å². The van der Waals surface area contributed by atoms with Crippen molar-refractivity contribution in [2.45, 2.75) is 296 Å². The largest absolute Gasteiger partial charge is 0.462 e. The molecule has 0 bridgehead atoms. The van der Waals surface area contributed by atoms with Crippen LogP contribution < -0.4 is 5.32 Å². The summed E-state index contributed by atoms with van der Waals surface area (Å²) in [5, 5.41) is 23.7. The number of esters is 1. The zero-order valence-electron chi connectivity index (χ0n) is 39.7. The predicted molar refractivity (Wildman–Crippen MR) is 255 cm³/mol. The van der Waals surface area contributed by atoms with Crippen LogP contribution in [0, 0.1) is 0 Å². The molecule has 1 amide bonds. The zero-order valence-corrected chi connectivity index (χ0v) is 39.7. The predicted octanol–water partition coefficient (Wildman–Crippen LogP) is 15.5. The second kappa shape index (κ2) is 47.4. The number of carbonyl (C=O) groups is 2. The molecule has 0 aromatic carbocycles. The Kier molecular flexibility index (Phi) is 46.1. The van der Waals surface area contributed by atoms with Crippen LogP contribution in [0.15, 0.2) is 24.3 Å². The van der Waals surface area contributed by atoms with Crippen LogP contribution >= 0.6 is 0 Å². The smallest absolute Gasteiger partial charge is 0.306 e. The van der Waals surface area contributed by atoms with Gasteiger partial charge >= 0.3 is 5.97 Å². The van der Waals surface area contributed by atoms with Gasteiger partial charge in [-0.3, -0.25) is 9.59 Å². The average molecular weight is 832 g/mol. The molecule has 0 aliphatic heterocycles. The van der Waals surface area contributed by atoms with Crippen molar-refractivity contribution in [1.29, 1.82) is 0 Å². The number of aliphatic hydroxyl groups excluding tert-OH is 2. The lowest BCUT2D eigenvalue weighted by molar-refractivity contribution is -0.151. The van der Waals surface area contributed by atoms with Gasteiger partial charge in [0.2, 0.25) is 5.91 Å². The summed E-state index contributed by atoms with van der Waals surface area (Å²) in [6.45, 7) is 6.46. The number of hydrogen-bond donors (Lipinski definition) is 3. The van der Waals surface area contributed by atoms with Crippen molar-refractivity contribution in [2.75, 3.05) is 6.61 Å². The molecule has 0 saturated carbocycles. The van der Waals surface area contributed by atoms with Gasteiger partial charge < -0.3 is 20.3 Å². The fraction of sp³-hybridized carbons (Fsp3) is 0.887. The molecule has 0 aliphatic carbocycles. The molecule has 0 rings (SSSR count). The number of hydrogen-bond acceptors (Lipinski definition) is 5. The van der Waals surface area contributed by atoms with Crippen LogP contribution in [-0.4, -0.2) is 46.9 Å². The average Bonchev–Trinajstić information content (AvgIpc) is 3.23. The van der Waals surface area contributed by atoms with Gasteiger partial charge in [0, 0.05) is 6.42 Å². The lowest BCUT2D eigenvalue weighted by atomic mass is 10.0. The van der Waals surface area contributed by atoms with Crippen molar-refractivity contribution < 1.29 is 24.5 Å². The van der Waals surface area contributed by atoms with Gasteiger partial charge in [0.15, 0.2) is 0 Å². The molecule has 3 atom stereocenters. The molecule has 0 aliphatic rings. The first-order valence-electron chi connectivity index (χ1n) is 26.1. The molecule has 6 nitrogen and oxygen atoms in total. The number of unbranched alkanes of at least 4 members (excludes halogenated alkanes) is 32. The normalized spacial score (nSPS) is 13.4. The number of carbonyl (C=O) groups excluding carboxylic acids is 2. The minimum Gasteiger partial charge on any atom is -0.462 e. The second-order valence-corrected chi connectivity index (χ2v) is 18.0. The van der Waals surface area contributed by atoms with Crippen LogP contribution in [0.1, 0.15) is 278 Å².